The van der Waals surface area contributed by atoms with Crippen LogP contribution < -0.4 is 14.9 Å². The Labute approximate surface area is 176 Å². The van der Waals surface area contributed by atoms with E-state index in [1.165, 1.54) is 0 Å². The molecule has 0 radical (unpaired) electrons. The summed E-state index contributed by atoms with van der Waals surface area (Å²) in [5.41, 5.74) is 5.54. The van der Waals surface area contributed by atoms with Crippen molar-refractivity contribution in [3.63, 3.8) is 0 Å². The van der Waals surface area contributed by atoms with Crippen molar-refractivity contribution in [3.05, 3.63) is 83.4 Å². The molecule has 148 valence electrons. The van der Waals surface area contributed by atoms with E-state index in [1.807, 2.05) is 54.0 Å². The summed E-state index contributed by atoms with van der Waals surface area (Å²) in [7, 11) is 0. The molecule has 2 aromatic carbocycles. The zero-order valence-corrected chi connectivity index (χ0v) is 16.5. The summed E-state index contributed by atoms with van der Waals surface area (Å²) in [6.45, 7) is 0.162. The lowest BCUT2D eigenvalue weighted by Crippen LogP contribution is -2.17. The Bertz CT molecular complexity index is 1220. The number of nitrogens with zero attached hydrogens (tertiary/aromatic N) is 3. The van der Waals surface area contributed by atoms with E-state index < -0.39 is 0 Å². The lowest BCUT2D eigenvalue weighted by Gasteiger charge is -2.01. The maximum absolute atomic E-state index is 12.4. The molecule has 4 aromatic rings. The minimum atomic E-state index is -0.335. The van der Waals surface area contributed by atoms with Gasteiger partial charge in [0, 0.05) is 17.3 Å². The summed E-state index contributed by atoms with van der Waals surface area (Å²) >= 11 is 1.60. The molecular weight excluding hydrogens is 400 g/mol. The van der Waals surface area contributed by atoms with E-state index >= 15 is 0 Å². The van der Waals surface area contributed by atoms with Crippen LogP contribution in [0.2, 0.25) is 0 Å². The molecule has 0 bridgehead atoms. The summed E-state index contributed by atoms with van der Waals surface area (Å²) in [5, 5.41) is 10.9. The van der Waals surface area contributed by atoms with Crippen LogP contribution in [0.25, 0.3) is 16.3 Å². The van der Waals surface area contributed by atoms with Crippen molar-refractivity contribution in [3.8, 4) is 27.8 Å². The van der Waals surface area contributed by atoms with Gasteiger partial charge in [-0.3, -0.25) is 4.79 Å². The van der Waals surface area contributed by atoms with E-state index in [0.717, 1.165) is 21.8 Å². The summed E-state index contributed by atoms with van der Waals surface area (Å²) in [6, 6.07) is 18.8. The molecule has 0 atom stereocenters. The molecule has 0 aliphatic carbocycles. The minimum absolute atomic E-state index is 0.162. The van der Waals surface area contributed by atoms with Crippen molar-refractivity contribution in [2.24, 2.45) is 5.10 Å². The van der Waals surface area contributed by atoms with Gasteiger partial charge in [0.05, 0.1) is 16.8 Å². The lowest BCUT2D eigenvalue weighted by molar-refractivity contribution is 0.0954. The van der Waals surface area contributed by atoms with Crippen molar-refractivity contribution in [1.29, 1.82) is 0 Å². The Morgan fingerprint density at radius 3 is 2.80 bits per heavy atom. The first kappa shape index (κ1) is 18.1. The van der Waals surface area contributed by atoms with Gasteiger partial charge in [-0.25, -0.2) is 10.1 Å². The fourth-order valence-corrected chi connectivity index (χ4v) is 3.79. The number of thiophene rings is 1. The molecule has 1 aliphatic rings. The second-order valence-electron chi connectivity index (χ2n) is 6.46. The third-order valence-electron chi connectivity index (χ3n) is 4.52. The number of hydrazone groups is 1. The molecule has 1 aliphatic heterocycles. The zero-order valence-electron chi connectivity index (χ0n) is 15.7. The van der Waals surface area contributed by atoms with Crippen LogP contribution in [-0.2, 0) is 0 Å². The van der Waals surface area contributed by atoms with Crippen LogP contribution in [0, 0.1) is 0 Å². The third kappa shape index (κ3) is 3.56. The molecule has 5 rings (SSSR count). The fraction of sp³-hybridized carbons (Fsp3) is 0.0455. The number of benzene rings is 2. The zero-order chi connectivity index (χ0) is 20.3. The summed E-state index contributed by atoms with van der Waals surface area (Å²) < 4.78 is 12.4. The van der Waals surface area contributed by atoms with E-state index in [4.69, 9.17) is 14.6 Å². The second-order valence-corrected chi connectivity index (χ2v) is 7.41. The van der Waals surface area contributed by atoms with Gasteiger partial charge in [0.2, 0.25) is 6.79 Å². The monoisotopic (exact) mass is 416 g/mol. The van der Waals surface area contributed by atoms with Crippen LogP contribution in [0.5, 0.6) is 11.5 Å². The first-order valence-electron chi connectivity index (χ1n) is 9.20. The van der Waals surface area contributed by atoms with Crippen molar-refractivity contribution in [2.45, 2.75) is 0 Å². The number of hydrogen-bond donors (Lipinski definition) is 1. The minimum Gasteiger partial charge on any atom is -0.454 e. The highest BCUT2D eigenvalue weighted by molar-refractivity contribution is 7.13. The number of hydrogen-bond acceptors (Lipinski definition) is 6. The Morgan fingerprint density at radius 2 is 1.97 bits per heavy atom. The van der Waals surface area contributed by atoms with Gasteiger partial charge in [0.1, 0.15) is 5.69 Å². The lowest BCUT2D eigenvalue weighted by atomic mass is 10.2. The number of para-hydroxylation sites is 1. The molecule has 0 spiro atoms. The Kier molecular flexibility index (Phi) is 4.74. The highest BCUT2D eigenvalue weighted by Crippen LogP contribution is 2.32. The number of nitrogens with one attached hydrogen (secondary N) is 1. The molecule has 3 heterocycles. The normalized spacial score (nSPS) is 12.4. The van der Waals surface area contributed by atoms with E-state index in [0.29, 0.717) is 17.1 Å². The number of amides is 1. The molecule has 7 nitrogen and oxygen atoms in total. The van der Waals surface area contributed by atoms with Crippen LogP contribution >= 0.6 is 11.3 Å². The fourth-order valence-electron chi connectivity index (χ4n) is 3.06. The van der Waals surface area contributed by atoms with Gasteiger partial charge in [0.15, 0.2) is 11.5 Å². The smallest absolute Gasteiger partial charge is 0.271 e. The molecule has 0 fully saturated rings. The highest BCUT2D eigenvalue weighted by Gasteiger charge is 2.16. The second kappa shape index (κ2) is 7.84. The average Bonchev–Trinajstić information content (AvgIpc) is 3.53. The molecule has 30 heavy (non-hydrogen) atoms. The van der Waals surface area contributed by atoms with Crippen LogP contribution in [-0.4, -0.2) is 28.7 Å². The third-order valence-corrected chi connectivity index (χ3v) is 5.40. The molecule has 0 unspecified atom stereocenters. The van der Waals surface area contributed by atoms with Crippen molar-refractivity contribution < 1.29 is 14.3 Å². The Hall–Kier alpha value is -3.91. The molecule has 2 aromatic heterocycles. The average molecular weight is 416 g/mol. The maximum Gasteiger partial charge on any atom is 0.271 e. The van der Waals surface area contributed by atoms with Crippen molar-refractivity contribution >= 4 is 23.5 Å². The van der Waals surface area contributed by atoms with Crippen molar-refractivity contribution in [2.75, 3.05) is 6.79 Å². The SMILES string of the molecule is O=C(NN=Cc1cn(-c2ccccc2)nc1-c1cccs1)c1ccc2c(c1)OCO2. The van der Waals surface area contributed by atoms with Gasteiger partial charge in [-0.2, -0.15) is 10.2 Å². The number of rotatable bonds is 5. The molecule has 1 N–H and O–H groups in total. The predicted octanol–water partition coefficient (Wildman–Crippen LogP) is 4.09. The number of ether oxygens (including phenoxy) is 2. The van der Waals surface area contributed by atoms with E-state index in [-0.39, 0.29) is 12.7 Å². The van der Waals surface area contributed by atoms with E-state index in [1.54, 1.807) is 40.4 Å². The van der Waals surface area contributed by atoms with Crippen LogP contribution in [0.3, 0.4) is 0 Å². The molecule has 8 heteroatoms. The Morgan fingerprint density at radius 1 is 1.10 bits per heavy atom. The first-order valence-corrected chi connectivity index (χ1v) is 10.1. The molecule has 0 saturated carbocycles. The van der Waals surface area contributed by atoms with Gasteiger partial charge in [-0.1, -0.05) is 24.3 Å². The summed E-state index contributed by atoms with van der Waals surface area (Å²) in [6.07, 6.45) is 3.49. The predicted molar refractivity (Wildman–Crippen MR) is 115 cm³/mol. The maximum atomic E-state index is 12.4. The molecular formula is C22H16N4O3S. The largest absolute Gasteiger partial charge is 0.454 e. The highest BCUT2D eigenvalue weighted by atomic mass is 32.1. The van der Waals surface area contributed by atoms with Crippen LogP contribution in [0.15, 0.2) is 77.3 Å². The number of carbonyl (C=O) groups excluding carboxylic acids is 1. The van der Waals surface area contributed by atoms with E-state index in [9.17, 15) is 4.79 Å². The number of fused-ring (bicyclic) bond motifs is 1. The number of carbonyl (C=O) groups is 1. The van der Waals surface area contributed by atoms with Gasteiger partial charge in [-0.05, 0) is 41.8 Å². The van der Waals surface area contributed by atoms with Gasteiger partial charge < -0.3 is 9.47 Å². The summed E-state index contributed by atoms with van der Waals surface area (Å²) in [5.74, 6) is 0.845. The van der Waals surface area contributed by atoms with Gasteiger partial charge in [0.25, 0.3) is 5.91 Å². The Balaban J connectivity index is 1.39. The van der Waals surface area contributed by atoms with Crippen molar-refractivity contribution in [1.82, 2.24) is 15.2 Å². The number of aromatic nitrogens is 2. The van der Waals surface area contributed by atoms with Crippen LogP contribution in [0.4, 0.5) is 0 Å². The summed E-state index contributed by atoms with van der Waals surface area (Å²) in [4.78, 5) is 13.5. The molecule has 0 saturated heterocycles. The standard InChI is InChI=1S/C22H16N4O3S/c27-22(15-8-9-18-19(11-15)29-14-28-18)24-23-12-16-13-26(17-5-2-1-3-6-17)25-21(16)20-7-4-10-30-20/h1-13H,14H2,(H,24,27). The van der Waals surface area contributed by atoms with Crippen LogP contribution in [0.1, 0.15) is 15.9 Å². The van der Waals surface area contributed by atoms with Gasteiger partial charge in [-0.15, -0.1) is 11.3 Å². The van der Waals surface area contributed by atoms with Gasteiger partial charge >= 0.3 is 0 Å². The quantitative estimate of drug-likeness (QED) is 0.393. The topological polar surface area (TPSA) is 77.7 Å². The van der Waals surface area contributed by atoms with E-state index in [2.05, 4.69) is 10.5 Å². The first-order chi connectivity index (χ1) is 14.8. The molecule has 1 amide bonds.